The molecule has 0 bridgehead atoms. The summed E-state index contributed by atoms with van der Waals surface area (Å²) >= 11 is 0. The fourth-order valence-electron chi connectivity index (χ4n) is 2.76. The molecule has 9 nitrogen and oxygen atoms in total. The van der Waals surface area contributed by atoms with Gasteiger partial charge in [0.05, 0.1) is 6.61 Å². The second kappa shape index (κ2) is 9.31. The molecule has 1 heterocycles. The Morgan fingerprint density at radius 3 is 2.70 bits per heavy atom. The topological polar surface area (TPSA) is 139 Å². The fraction of sp³-hybridized carbons (Fsp3) is 0.200. The van der Waals surface area contributed by atoms with Gasteiger partial charge in [0.15, 0.2) is 0 Å². The lowest BCUT2D eigenvalue weighted by Gasteiger charge is -2.12. The third kappa shape index (κ3) is 5.51. The number of pyridine rings is 1. The third-order valence-electron chi connectivity index (χ3n) is 3.96. The van der Waals surface area contributed by atoms with Gasteiger partial charge in [-0.05, 0) is 41.9 Å². The van der Waals surface area contributed by atoms with Gasteiger partial charge in [0.1, 0.15) is 23.0 Å². The van der Waals surface area contributed by atoms with Crippen LogP contribution < -0.4 is 20.4 Å². The molecule has 30 heavy (non-hydrogen) atoms. The molecule has 0 fully saturated rings. The number of aromatic nitrogens is 1. The second-order valence-electron chi connectivity index (χ2n) is 6.42. The minimum atomic E-state index is -4.06. The SMILES string of the molecule is Cc1cc(OCCCON=C(N)N)cc(OS(=O)(=O)c2cccc3cnccc23)c1. The summed E-state index contributed by atoms with van der Waals surface area (Å²) < 4.78 is 36.8. The van der Waals surface area contributed by atoms with E-state index in [0.29, 0.717) is 29.5 Å². The van der Waals surface area contributed by atoms with Crippen molar-refractivity contribution in [3.63, 3.8) is 0 Å². The van der Waals surface area contributed by atoms with Crippen molar-refractivity contribution in [3.05, 3.63) is 60.4 Å². The van der Waals surface area contributed by atoms with Crippen LogP contribution in [0.5, 0.6) is 11.5 Å². The average molecular weight is 430 g/mol. The minimum Gasteiger partial charge on any atom is -0.493 e. The van der Waals surface area contributed by atoms with Crippen LogP contribution in [0.4, 0.5) is 0 Å². The Kier molecular flexibility index (Phi) is 6.58. The van der Waals surface area contributed by atoms with Crippen molar-refractivity contribution in [2.45, 2.75) is 18.2 Å². The van der Waals surface area contributed by atoms with Gasteiger partial charge < -0.3 is 25.2 Å². The van der Waals surface area contributed by atoms with E-state index in [9.17, 15) is 8.42 Å². The van der Waals surface area contributed by atoms with Crippen molar-refractivity contribution in [2.24, 2.45) is 16.6 Å². The van der Waals surface area contributed by atoms with Gasteiger partial charge in [0.2, 0.25) is 5.96 Å². The Morgan fingerprint density at radius 1 is 1.10 bits per heavy atom. The Labute approximate surface area is 174 Å². The zero-order chi connectivity index (χ0) is 21.6. The van der Waals surface area contributed by atoms with Gasteiger partial charge in [-0.3, -0.25) is 4.98 Å². The summed E-state index contributed by atoms with van der Waals surface area (Å²) in [6.07, 6.45) is 3.67. The lowest BCUT2D eigenvalue weighted by Crippen LogP contribution is -2.23. The van der Waals surface area contributed by atoms with E-state index in [1.165, 1.54) is 18.3 Å². The maximum absolute atomic E-state index is 12.9. The molecule has 0 radical (unpaired) electrons. The number of fused-ring (bicyclic) bond motifs is 1. The van der Waals surface area contributed by atoms with Crippen LogP contribution in [0, 0.1) is 6.92 Å². The zero-order valence-corrected chi connectivity index (χ0v) is 17.1. The van der Waals surface area contributed by atoms with Crippen LogP contribution in [0.3, 0.4) is 0 Å². The van der Waals surface area contributed by atoms with Crippen molar-refractivity contribution in [3.8, 4) is 11.5 Å². The van der Waals surface area contributed by atoms with Crippen LogP contribution in [0.15, 0.2) is 64.9 Å². The molecule has 0 aliphatic carbocycles. The number of hydrogen-bond acceptors (Lipinski definition) is 7. The molecule has 1 aromatic heterocycles. The number of guanidine groups is 1. The maximum atomic E-state index is 12.9. The van der Waals surface area contributed by atoms with Crippen LogP contribution in [-0.4, -0.2) is 32.6 Å². The smallest absolute Gasteiger partial charge is 0.339 e. The first-order valence-corrected chi connectivity index (χ1v) is 10.5. The maximum Gasteiger partial charge on any atom is 0.339 e. The molecule has 0 atom stereocenters. The Morgan fingerprint density at radius 2 is 1.90 bits per heavy atom. The zero-order valence-electron chi connectivity index (χ0n) is 16.3. The highest BCUT2D eigenvalue weighted by molar-refractivity contribution is 7.87. The van der Waals surface area contributed by atoms with Crippen LogP contribution >= 0.6 is 0 Å². The molecule has 0 spiro atoms. The highest BCUT2D eigenvalue weighted by atomic mass is 32.2. The third-order valence-corrected chi connectivity index (χ3v) is 5.27. The summed E-state index contributed by atoms with van der Waals surface area (Å²) in [5.74, 6) is 0.483. The molecule has 0 aliphatic rings. The lowest BCUT2D eigenvalue weighted by molar-refractivity contribution is 0.127. The van der Waals surface area contributed by atoms with E-state index in [-0.39, 0.29) is 23.2 Å². The molecule has 0 saturated heterocycles. The van der Waals surface area contributed by atoms with Gasteiger partial charge in [-0.25, -0.2) is 0 Å². The van der Waals surface area contributed by atoms with E-state index < -0.39 is 10.1 Å². The Hall–Kier alpha value is -3.53. The van der Waals surface area contributed by atoms with Gasteiger partial charge in [-0.1, -0.05) is 12.1 Å². The second-order valence-corrected chi connectivity index (χ2v) is 7.94. The summed E-state index contributed by atoms with van der Waals surface area (Å²) in [7, 11) is -4.06. The molecular formula is C20H22N4O5S. The molecule has 0 amide bonds. The van der Waals surface area contributed by atoms with Crippen molar-refractivity contribution in [1.82, 2.24) is 4.98 Å². The molecule has 0 unspecified atom stereocenters. The Balaban J connectivity index is 1.72. The van der Waals surface area contributed by atoms with Crippen LogP contribution in [0.25, 0.3) is 10.8 Å². The molecule has 10 heteroatoms. The molecule has 4 N–H and O–H groups in total. The monoisotopic (exact) mass is 430 g/mol. The normalized spacial score (nSPS) is 11.1. The molecule has 0 aliphatic heterocycles. The van der Waals surface area contributed by atoms with Crippen LogP contribution in [0.1, 0.15) is 12.0 Å². The van der Waals surface area contributed by atoms with Crippen LogP contribution in [0.2, 0.25) is 0 Å². The largest absolute Gasteiger partial charge is 0.493 e. The van der Waals surface area contributed by atoms with E-state index in [1.54, 1.807) is 36.5 Å². The number of hydrogen-bond donors (Lipinski definition) is 2. The predicted octanol–water partition coefficient (Wildman–Crippen LogP) is 2.28. The highest BCUT2D eigenvalue weighted by Gasteiger charge is 2.20. The molecule has 2 aromatic carbocycles. The van der Waals surface area contributed by atoms with E-state index in [1.807, 2.05) is 6.92 Å². The number of oxime groups is 1. The van der Waals surface area contributed by atoms with Crippen molar-refractivity contribution < 1.29 is 22.2 Å². The summed E-state index contributed by atoms with van der Waals surface area (Å²) in [6.45, 7) is 2.42. The summed E-state index contributed by atoms with van der Waals surface area (Å²) in [5.41, 5.74) is 11.1. The molecule has 158 valence electrons. The first-order valence-electron chi connectivity index (χ1n) is 9.08. The van der Waals surface area contributed by atoms with Crippen LogP contribution in [-0.2, 0) is 15.0 Å². The first kappa shape index (κ1) is 21.2. The fourth-order valence-corrected chi connectivity index (χ4v) is 3.90. The van der Waals surface area contributed by atoms with E-state index in [2.05, 4.69) is 10.1 Å². The molecule has 3 aromatic rings. The summed E-state index contributed by atoms with van der Waals surface area (Å²) in [5, 5.41) is 4.66. The predicted molar refractivity (Wildman–Crippen MR) is 113 cm³/mol. The highest BCUT2D eigenvalue weighted by Crippen LogP contribution is 2.28. The standard InChI is InChI=1S/C20H22N4O5S/c1-14-10-16(27-8-3-9-28-24-20(21)22)12-17(11-14)29-30(25,26)19-5-2-4-15-13-23-7-6-18(15)19/h2,4-7,10-13H,3,8-9H2,1H3,(H4,21,22,24). The van der Waals surface area contributed by atoms with Crippen molar-refractivity contribution in [2.75, 3.05) is 13.2 Å². The van der Waals surface area contributed by atoms with Gasteiger partial charge in [-0.15, -0.1) is 0 Å². The molecule has 3 rings (SSSR count). The number of rotatable bonds is 9. The summed E-state index contributed by atoms with van der Waals surface area (Å²) in [4.78, 5) is 8.97. The number of benzene rings is 2. The first-order chi connectivity index (χ1) is 14.3. The number of aryl methyl sites for hydroxylation is 1. The average Bonchev–Trinajstić information content (AvgIpc) is 2.69. The number of nitrogens with zero attached hydrogens (tertiary/aromatic N) is 2. The van der Waals surface area contributed by atoms with Gasteiger partial charge in [-0.2, -0.15) is 8.42 Å². The lowest BCUT2D eigenvalue weighted by atomic mass is 10.2. The van der Waals surface area contributed by atoms with Crippen molar-refractivity contribution >= 4 is 26.9 Å². The minimum absolute atomic E-state index is 0.0725. The number of ether oxygens (including phenoxy) is 1. The van der Waals surface area contributed by atoms with E-state index >= 15 is 0 Å². The van der Waals surface area contributed by atoms with Crippen molar-refractivity contribution in [1.29, 1.82) is 0 Å². The molecular weight excluding hydrogens is 408 g/mol. The van der Waals surface area contributed by atoms with E-state index in [4.69, 9.17) is 25.2 Å². The Bertz CT molecular complexity index is 1160. The van der Waals surface area contributed by atoms with Gasteiger partial charge in [0.25, 0.3) is 0 Å². The number of nitrogens with two attached hydrogens (primary N) is 2. The van der Waals surface area contributed by atoms with Gasteiger partial charge >= 0.3 is 10.1 Å². The quantitative estimate of drug-likeness (QED) is 0.173. The van der Waals surface area contributed by atoms with Gasteiger partial charge in [0, 0.05) is 35.7 Å². The van der Waals surface area contributed by atoms with E-state index in [0.717, 1.165) is 5.56 Å². The summed E-state index contributed by atoms with van der Waals surface area (Å²) in [6, 6.07) is 11.5. The molecule has 0 saturated carbocycles.